The first-order chi connectivity index (χ1) is 12.5. The van der Waals surface area contributed by atoms with Crippen LogP contribution in [0, 0.1) is 6.92 Å². The van der Waals surface area contributed by atoms with Gasteiger partial charge in [0.05, 0.1) is 9.79 Å². The number of benzene rings is 2. The van der Waals surface area contributed by atoms with Gasteiger partial charge in [0.2, 0.25) is 9.84 Å². The third-order valence-corrected chi connectivity index (χ3v) is 7.97. The van der Waals surface area contributed by atoms with Crippen molar-refractivity contribution in [2.45, 2.75) is 48.1 Å². The van der Waals surface area contributed by atoms with Gasteiger partial charge in [-0.1, -0.05) is 18.2 Å². The Labute approximate surface area is 165 Å². The molecule has 3 heterocycles. The van der Waals surface area contributed by atoms with Gasteiger partial charge in [-0.25, -0.2) is 8.42 Å². The van der Waals surface area contributed by atoms with E-state index in [1.165, 1.54) is 17.7 Å². The van der Waals surface area contributed by atoms with E-state index in [4.69, 9.17) is 0 Å². The van der Waals surface area contributed by atoms with Crippen molar-refractivity contribution in [2.24, 2.45) is 7.05 Å². The van der Waals surface area contributed by atoms with Crippen LogP contribution in [0.15, 0.2) is 52.3 Å². The average Bonchev–Trinajstić information content (AvgIpc) is 3.14. The molecule has 2 bridgehead atoms. The van der Waals surface area contributed by atoms with E-state index in [0.29, 0.717) is 21.9 Å². The van der Waals surface area contributed by atoms with Crippen molar-refractivity contribution < 1.29 is 8.42 Å². The molecule has 0 saturated carbocycles. The Balaban J connectivity index is 0.00000180. The molecule has 0 amide bonds. The Morgan fingerprint density at radius 3 is 2.67 bits per heavy atom. The van der Waals surface area contributed by atoms with Crippen LogP contribution in [0.25, 0.3) is 10.9 Å². The molecule has 0 spiro atoms. The van der Waals surface area contributed by atoms with E-state index < -0.39 is 9.84 Å². The van der Waals surface area contributed by atoms with Crippen LogP contribution in [0.2, 0.25) is 0 Å². The number of aryl methyl sites for hydroxylation is 2. The van der Waals surface area contributed by atoms with Gasteiger partial charge in [0.15, 0.2) is 0 Å². The van der Waals surface area contributed by atoms with Gasteiger partial charge >= 0.3 is 0 Å². The van der Waals surface area contributed by atoms with E-state index in [9.17, 15) is 8.42 Å². The zero-order valence-corrected chi connectivity index (χ0v) is 17.0. The lowest BCUT2D eigenvalue weighted by molar-refractivity contribution is 0.503. The zero-order valence-electron chi connectivity index (χ0n) is 15.4. The molecule has 2 aromatic carbocycles. The summed E-state index contributed by atoms with van der Waals surface area (Å²) >= 11 is 0. The summed E-state index contributed by atoms with van der Waals surface area (Å²) in [6, 6.07) is 13.7. The lowest BCUT2D eigenvalue weighted by Crippen LogP contribution is -2.32. The Morgan fingerprint density at radius 2 is 1.89 bits per heavy atom. The lowest BCUT2D eigenvalue weighted by atomic mass is 9.99. The van der Waals surface area contributed by atoms with Crippen molar-refractivity contribution >= 4 is 33.1 Å². The number of halogens is 1. The monoisotopic (exact) mass is 402 g/mol. The number of fused-ring (bicyclic) bond motifs is 6. The van der Waals surface area contributed by atoms with Crippen LogP contribution in [0.5, 0.6) is 0 Å². The minimum absolute atomic E-state index is 0. The van der Waals surface area contributed by atoms with Gasteiger partial charge in [0.1, 0.15) is 0 Å². The Hall–Kier alpha value is -1.82. The molecule has 1 aromatic heterocycles. The molecule has 0 aliphatic carbocycles. The fraction of sp³-hybridized carbons (Fsp3) is 0.333. The summed E-state index contributed by atoms with van der Waals surface area (Å²) in [7, 11) is -1.42. The maximum Gasteiger partial charge on any atom is 0.206 e. The Morgan fingerprint density at radius 1 is 1.11 bits per heavy atom. The molecule has 27 heavy (non-hydrogen) atoms. The second-order valence-corrected chi connectivity index (χ2v) is 9.48. The first-order valence-corrected chi connectivity index (χ1v) is 10.6. The molecule has 2 aliphatic rings. The fourth-order valence-corrected chi connectivity index (χ4v) is 6.26. The summed E-state index contributed by atoms with van der Waals surface area (Å²) in [6.45, 7) is 1.85. The fourth-order valence-electron chi connectivity index (χ4n) is 4.73. The third kappa shape index (κ3) is 2.64. The van der Waals surface area contributed by atoms with Gasteiger partial charge in [0.25, 0.3) is 0 Å². The lowest BCUT2D eigenvalue weighted by Gasteiger charge is -2.23. The first-order valence-electron chi connectivity index (χ1n) is 9.15. The summed E-state index contributed by atoms with van der Waals surface area (Å²) in [4.78, 5) is 0.774. The maximum absolute atomic E-state index is 13.2. The van der Waals surface area contributed by atoms with Crippen molar-refractivity contribution in [3.8, 4) is 0 Å². The second-order valence-electron chi connectivity index (χ2n) is 7.56. The molecular formula is C21H23ClN2O2S. The predicted molar refractivity (Wildman–Crippen MR) is 109 cm³/mol. The summed E-state index contributed by atoms with van der Waals surface area (Å²) in [5.74, 6) is 0. The van der Waals surface area contributed by atoms with E-state index in [1.807, 2.05) is 31.2 Å². The molecule has 4 nitrogen and oxygen atoms in total. The van der Waals surface area contributed by atoms with Gasteiger partial charge in [-0.2, -0.15) is 0 Å². The topological polar surface area (TPSA) is 51.1 Å². The van der Waals surface area contributed by atoms with Crippen molar-refractivity contribution in [3.05, 3.63) is 59.3 Å². The maximum atomic E-state index is 13.2. The van der Waals surface area contributed by atoms with Crippen LogP contribution in [-0.2, 0) is 23.3 Å². The van der Waals surface area contributed by atoms with Crippen molar-refractivity contribution in [2.75, 3.05) is 0 Å². The highest BCUT2D eigenvalue weighted by Gasteiger charge is 2.36. The quantitative estimate of drug-likeness (QED) is 0.702. The highest BCUT2D eigenvalue weighted by atomic mass is 35.5. The first kappa shape index (κ1) is 18.5. The van der Waals surface area contributed by atoms with Gasteiger partial charge in [0, 0.05) is 42.1 Å². The second kappa shape index (κ2) is 6.36. The average molecular weight is 403 g/mol. The molecule has 1 saturated heterocycles. The highest BCUT2D eigenvalue weighted by molar-refractivity contribution is 7.91. The molecule has 2 aliphatic heterocycles. The minimum atomic E-state index is -3.52. The van der Waals surface area contributed by atoms with Crippen molar-refractivity contribution in [1.29, 1.82) is 0 Å². The molecule has 142 valence electrons. The van der Waals surface area contributed by atoms with Gasteiger partial charge < -0.3 is 9.88 Å². The van der Waals surface area contributed by atoms with Gasteiger partial charge in [-0.15, -0.1) is 12.4 Å². The van der Waals surface area contributed by atoms with E-state index in [0.717, 1.165) is 29.3 Å². The standard InChI is InChI=1S/C21H22N2O2S.ClH/c1-13-5-3-4-6-20(13)26(24,25)15-8-10-18-16(12-15)21-17-9-7-14(22-17)11-19(21)23(18)2;/h3-6,8,10,12,14,17,22H,7,9,11H2,1-2H3;1H. The molecular weight excluding hydrogens is 380 g/mol. The summed E-state index contributed by atoms with van der Waals surface area (Å²) in [5.41, 5.74) is 4.56. The van der Waals surface area contributed by atoms with Crippen LogP contribution >= 0.6 is 12.4 Å². The number of nitrogens with zero attached hydrogens (tertiary/aromatic N) is 1. The molecule has 6 heteroatoms. The van der Waals surface area contributed by atoms with Crippen LogP contribution < -0.4 is 5.32 Å². The SMILES string of the molecule is Cc1ccccc1S(=O)(=O)c1ccc2c(c1)c1c(n2C)CC2CCC1N2.Cl. The van der Waals surface area contributed by atoms with E-state index in [-0.39, 0.29) is 12.4 Å². The summed E-state index contributed by atoms with van der Waals surface area (Å²) in [6.07, 6.45) is 3.35. The Bertz CT molecular complexity index is 1150. The largest absolute Gasteiger partial charge is 0.347 e. The molecule has 1 fully saturated rings. The minimum Gasteiger partial charge on any atom is -0.347 e. The van der Waals surface area contributed by atoms with Gasteiger partial charge in [-0.05, 0) is 55.2 Å². The number of sulfone groups is 1. The third-order valence-electron chi connectivity index (χ3n) is 6.06. The number of hydrogen-bond donors (Lipinski definition) is 1. The predicted octanol–water partition coefficient (Wildman–Crippen LogP) is 4.09. The molecule has 3 aromatic rings. The smallest absolute Gasteiger partial charge is 0.206 e. The van der Waals surface area contributed by atoms with Crippen molar-refractivity contribution in [3.63, 3.8) is 0 Å². The number of aromatic nitrogens is 1. The van der Waals surface area contributed by atoms with Gasteiger partial charge in [-0.3, -0.25) is 0 Å². The molecule has 0 radical (unpaired) electrons. The molecule has 2 atom stereocenters. The Kier molecular flexibility index (Phi) is 4.37. The molecule has 2 unspecified atom stereocenters. The van der Waals surface area contributed by atoms with E-state index >= 15 is 0 Å². The number of nitrogens with one attached hydrogen (secondary N) is 1. The highest BCUT2D eigenvalue weighted by Crippen LogP contribution is 2.42. The van der Waals surface area contributed by atoms with Crippen molar-refractivity contribution in [1.82, 2.24) is 9.88 Å². The van der Waals surface area contributed by atoms with Crippen LogP contribution in [-0.4, -0.2) is 19.0 Å². The van der Waals surface area contributed by atoms with E-state index in [1.54, 1.807) is 18.2 Å². The molecule has 1 N–H and O–H groups in total. The summed E-state index contributed by atoms with van der Waals surface area (Å²) < 4.78 is 28.7. The summed E-state index contributed by atoms with van der Waals surface area (Å²) in [5, 5.41) is 4.77. The number of rotatable bonds is 2. The van der Waals surface area contributed by atoms with Crippen LogP contribution in [0.4, 0.5) is 0 Å². The van der Waals surface area contributed by atoms with E-state index in [2.05, 4.69) is 16.9 Å². The zero-order chi connectivity index (χ0) is 18.1. The normalized spacial score (nSPS) is 21.1. The molecule has 5 rings (SSSR count). The van der Waals surface area contributed by atoms with Crippen LogP contribution in [0.3, 0.4) is 0 Å². The number of hydrogen-bond acceptors (Lipinski definition) is 3. The van der Waals surface area contributed by atoms with Crippen LogP contribution in [0.1, 0.15) is 35.7 Å².